The van der Waals surface area contributed by atoms with Gasteiger partial charge in [0, 0.05) is 29.1 Å². The number of likely N-dealkylation sites (tertiary alicyclic amines) is 1. The molecule has 0 aromatic carbocycles. The third-order valence-electron chi connectivity index (χ3n) is 4.36. The van der Waals surface area contributed by atoms with E-state index in [0.717, 1.165) is 13.0 Å². The lowest BCUT2D eigenvalue weighted by Crippen LogP contribution is -2.59. The maximum Gasteiger partial charge on any atom is 0.0794 e. The minimum absolute atomic E-state index is 0.209. The van der Waals surface area contributed by atoms with Crippen LogP contribution in [0.4, 0.5) is 0 Å². The van der Waals surface area contributed by atoms with E-state index in [1.165, 1.54) is 37.2 Å². The van der Waals surface area contributed by atoms with E-state index in [1.54, 1.807) is 11.3 Å². The summed E-state index contributed by atoms with van der Waals surface area (Å²) in [6.07, 6.45) is 7.20. The van der Waals surface area contributed by atoms with Crippen molar-refractivity contribution in [2.75, 3.05) is 19.6 Å². The van der Waals surface area contributed by atoms with Gasteiger partial charge in [-0.25, -0.2) is 0 Å². The molecule has 1 aromatic rings. The number of thiazole rings is 1. The van der Waals surface area contributed by atoms with Crippen molar-refractivity contribution in [3.05, 3.63) is 16.6 Å². The summed E-state index contributed by atoms with van der Waals surface area (Å²) in [6.45, 7) is 10.5. The monoisotopic (exact) mass is 281 g/mol. The zero-order valence-electron chi connectivity index (χ0n) is 12.5. The summed E-state index contributed by atoms with van der Waals surface area (Å²) in [5, 5.41) is 3.70. The molecule has 1 aromatic heterocycles. The van der Waals surface area contributed by atoms with Gasteiger partial charge >= 0.3 is 0 Å². The highest BCUT2D eigenvalue weighted by atomic mass is 32.1. The summed E-state index contributed by atoms with van der Waals surface area (Å²) in [5.74, 6) is 0. The molecule has 108 valence electrons. The van der Waals surface area contributed by atoms with Crippen LogP contribution in [0.2, 0.25) is 0 Å². The third-order valence-corrected chi connectivity index (χ3v) is 5.17. The highest BCUT2D eigenvalue weighted by Gasteiger charge is 2.35. The van der Waals surface area contributed by atoms with Crippen LogP contribution in [0.25, 0.3) is 0 Å². The van der Waals surface area contributed by atoms with Crippen LogP contribution in [-0.2, 0) is 6.42 Å². The summed E-state index contributed by atoms with van der Waals surface area (Å²) in [5.41, 5.74) is 2.15. The lowest BCUT2D eigenvalue weighted by atomic mass is 9.87. The average Bonchev–Trinajstić information content (AvgIpc) is 2.92. The van der Waals surface area contributed by atoms with Crippen molar-refractivity contribution < 1.29 is 0 Å². The Labute approximate surface area is 121 Å². The number of hydrogen-bond donors (Lipinski definition) is 1. The Morgan fingerprint density at radius 3 is 2.68 bits per heavy atom. The number of piperidine rings is 1. The number of nitrogens with zero attached hydrogens (tertiary/aromatic N) is 2. The van der Waals surface area contributed by atoms with E-state index in [4.69, 9.17) is 0 Å². The van der Waals surface area contributed by atoms with Crippen molar-refractivity contribution >= 4 is 11.3 Å². The van der Waals surface area contributed by atoms with Crippen LogP contribution < -0.4 is 5.32 Å². The quantitative estimate of drug-likeness (QED) is 0.869. The van der Waals surface area contributed by atoms with Gasteiger partial charge in [-0.05, 0) is 46.3 Å². The fourth-order valence-corrected chi connectivity index (χ4v) is 3.69. The average molecular weight is 281 g/mol. The van der Waals surface area contributed by atoms with Gasteiger partial charge in [0.1, 0.15) is 0 Å². The van der Waals surface area contributed by atoms with Gasteiger partial charge in [-0.15, -0.1) is 11.3 Å². The smallest absolute Gasteiger partial charge is 0.0794 e. The SMILES string of the molecule is CCNC(Cc1cncs1)C(C)(C)N1CCCCC1. The summed E-state index contributed by atoms with van der Waals surface area (Å²) in [6, 6.07) is 0.496. The van der Waals surface area contributed by atoms with E-state index in [-0.39, 0.29) is 5.54 Å². The topological polar surface area (TPSA) is 28.2 Å². The van der Waals surface area contributed by atoms with Crippen molar-refractivity contribution in [3.63, 3.8) is 0 Å². The van der Waals surface area contributed by atoms with Crippen LogP contribution in [-0.4, -0.2) is 41.1 Å². The highest BCUT2D eigenvalue weighted by Crippen LogP contribution is 2.26. The second kappa shape index (κ2) is 6.82. The standard InChI is InChI=1S/C15H27N3S/c1-4-17-14(10-13-11-16-12-19-13)15(2,3)18-8-6-5-7-9-18/h11-12,14,17H,4-10H2,1-3H3. The summed E-state index contributed by atoms with van der Waals surface area (Å²) < 4.78 is 0. The predicted molar refractivity (Wildman–Crippen MR) is 82.8 cm³/mol. The van der Waals surface area contributed by atoms with Crippen LogP contribution in [0.1, 0.15) is 44.9 Å². The second-order valence-corrected chi connectivity index (χ2v) is 6.95. The molecule has 19 heavy (non-hydrogen) atoms. The molecule has 0 radical (unpaired) electrons. The molecule has 0 amide bonds. The Hall–Kier alpha value is -0.450. The summed E-state index contributed by atoms with van der Waals surface area (Å²) in [4.78, 5) is 8.26. The van der Waals surface area contributed by atoms with Crippen molar-refractivity contribution in [1.29, 1.82) is 0 Å². The second-order valence-electron chi connectivity index (χ2n) is 5.98. The Balaban J connectivity index is 2.06. The fourth-order valence-electron chi connectivity index (χ4n) is 3.05. The number of hydrogen-bond acceptors (Lipinski definition) is 4. The Morgan fingerprint density at radius 1 is 1.37 bits per heavy atom. The number of rotatable bonds is 6. The first-order chi connectivity index (χ1) is 9.14. The molecule has 1 saturated heterocycles. The highest BCUT2D eigenvalue weighted by molar-refractivity contribution is 7.09. The lowest BCUT2D eigenvalue weighted by Gasteiger charge is -2.46. The van der Waals surface area contributed by atoms with E-state index >= 15 is 0 Å². The molecule has 1 atom stereocenters. The van der Waals surface area contributed by atoms with Gasteiger partial charge in [0.15, 0.2) is 0 Å². The fraction of sp³-hybridized carbons (Fsp3) is 0.800. The van der Waals surface area contributed by atoms with Gasteiger partial charge in [-0.3, -0.25) is 9.88 Å². The maximum atomic E-state index is 4.21. The molecule has 1 aliphatic rings. The van der Waals surface area contributed by atoms with E-state index in [2.05, 4.69) is 36.0 Å². The third kappa shape index (κ3) is 3.77. The van der Waals surface area contributed by atoms with Crippen molar-refractivity contribution in [2.45, 2.75) is 58.0 Å². The van der Waals surface area contributed by atoms with Gasteiger partial charge in [-0.1, -0.05) is 13.3 Å². The maximum absolute atomic E-state index is 4.21. The van der Waals surface area contributed by atoms with Crippen LogP contribution in [0.5, 0.6) is 0 Å². The molecule has 4 heteroatoms. The molecule has 1 aliphatic heterocycles. The number of nitrogens with one attached hydrogen (secondary N) is 1. The predicted octanol–water partition coefficient (Wildman–Crippen LogP) is 2.93. The molecule has 2 heterocycles. The molecule has 1 N–H and O–H groups in total. The molecule has 2 rings (SSSR count). The first-order valence-corrected chi connectivity index (χ1v) is 8.38. The van der Waals surface area contributed by atoms with Gasteiger partial charge in [0.2, 0.25) is 0 Å². The molecular weight excluding hydrogens is 254 g/mol. The summed E-state index contributed by atoms with van der Waals surface area (Å²) >= 11 is 1.77. The zero-order valence-corrected chi connectivity index (χ0v) is 13.3. The molecule has 0 spiro atoms. The van der Waals surface area contributed by atoms with E-state index < -0.39 is 0 Å². The molecule has 1 unspecified atom stereocenters. The van der Waals surface area contributed by atoms with Gasteiger partial charge in [0.05, 0.1) is 5.51 Å². The van der Waals surface area contributed by atoms with Gasteiger partial charge in [-0.2, -0.15) is 0 Å². The first-order valence-electron chi connectivity index (χ1n) is 7.50. The lowest BCUT2D eigenvalue weighted by molar-refractivity contribution is 0.0618. The Morgan fingerprint density at radius 2 is 2.11 bits per heavy atom. The molecule has 1 fully saturated rings. The largest absolute Gasteiger partial charge is 0.312 e. The molecular formula is C15H27N3S. The van der Waals surface area contributed by atoms with Crippen molar-refractivity contribution in [3.8, 4) is 0 Å². The van der Waals surface area contributed by atoms with E-state index in [9.17, 15) is 0 Å². The minimum atomic E-state index is 0.209. The van der Waals surface area contributed by atoms with E-state index in [0.29, 0.717) is 6.04 Å². The number of aromatic nitrogens is 1. The van der Waals surface area contributed by atoms with Gasteiger partial charge < -0.3 is 5.32 Å². The van der Waals surface area contributed by atoms with Crippen LogP contribution in [0.3, 0.4) is 0 Å². The molecule has 3 nitrogen and oxygen atoms in total. The number of likely N-dealkylation sites (N-methyl/N-ethyl adjacent to an activating group) is 1. The Bertz CT molecular complexity index is 355. The van der Waals surface area contributed by atoms with Crippen LogP contribution in [0, 0.1) is 0 Å². The first kappa shape index (κ1) is 14.9. The van der Waals surface area contributed by atoms with Crippen molar-refractivity contribution in [1.82, 2.24) is 15.2 Å². The molecule has 0 saturated carbocycles. The zero-order chi connectivity index (χ0) is 13.7. The molecule has 0 aliphatic carbocycles. The summed E-state index contributed by atoms with van der Waals surface area (Å²) in [7, 11) is 0. The molecule has 0 bridgehead atoms. The normalized spacial score (nSPS) is 19.5. The van der Waals surface area contributed by atoms with Gasteiger partial charge in [0.25, 0.3) is 0 Å². The van der Waals surface area contributed by atoms with Crippen LogP contribution >= 0.6 is 11.3 Å². The van der Waals surface area contributed by atoms with Crippen molar-refractivity contribution in [2.24, 2.45) is 0 Å². The van der Waals surface area contributed by atoms with Crippen LogP contribution in [0.15, 0.2) is 11.7 Å². The Kier molecular flexibility index (Phi) is 5.37. The van der Waals surface area contributed by atoms with E-state index in [1.807, 2.05) is 11.7 Å². The minimum Gasteiger partial charge on any atom is -0.312 e.